The first-order chi connectivity index (χ1) is 11.4. The summed E-state index contributed by atoms with van der Waals surface area (Å²) in [6, 6.07) is 14.7. The van der Waals surface area contributed by atoms with E-state index >= 15 is 0 Å². The molecule has 0 spiro atoms. The fourth-order valence-corrected chi connectivity index (χ4v) is 2.13. The second-order valence-corrected chi connectivity index (χ2v) is 5.98. The molecule has 5 heteroatoms. The van der Waals surface area contributed by atoms with Crippen molar-refractivity contribution < 1.29 is 9.59 Å². The highest BCUT2D eigenvalue weighted by Crippen LogP contribution is 2.15. The summed E-state index contributed by atoms with van der Waals surface area (Å²) in [6.45, 7) is 6.18. The molecule has 0 aliphatic heterocycles. The average Bonchev–Trinajstić information content (AvgIpc) is 2.55. The van der Waals surface area contributed by atoms with Crippen LogP contribution in [0.1, 0.15) is 29.8 Å². The number of hydrogen-bond acceptors (Lipinski definition) is 3. The summed E-state index contributed by atoms with van der Waals surface area (Å²) >= 11 is 0. The van der Waals surface area contributed by atoms with Gasteiger partial charge < -0.3 is 16.0 Å². The molecule has 0 bridgehead atoms. The minimum atomic E-state index is -0.156. The molecule has 0 fully saturated rings. The molecule has 24 heavy (non-hydrogen) atoms. The summed E-state index contributed by atoms with van der Waals surface area (Å²) in [5, 5.41) is 8.70. The molecule has 0 heterocycles. The third kappa shape index (κ3) is 5.52. The second-order valence-electron chi connectivity index (χ2n) is 5.98. The van der Waals surface area contributed by atoms with Crippen molar-refractivity contribution in [1.82, 2.24) is 5.32 Å². The lowest BCUT2D eigenvalue weighted by Crippen LogP contribution is -2.32. The number of aryl methyl sites for hydroxylation is 1. The lowest BCUT2D eigenvalue weighted by atomic mass is 10.1. The zero-order valence-electron chi connectivity index (χ0n) is 14.2. The Bertz CT molecular complexity index is 709. The highest BCUT2D eigenvalue weighted by Gasteiger charge is 2.07. The second kappa shape index (κ2) is 8.26. The molecule has 0 saturated heterocycles. The summed E-state index contributed by atoms with van der Waals surface area (Å²) in [4.78, 5) is 23.9. The molecule has 5 nitrogen and oxygen atoms in total. The van der Waals surface area contributed by atoms with Gasteiger partial charge in [-0.3, -0.25) is 9.59 Å². The van der Waals surface area contributed by atoms with E-state index in [1.54, 1.807) is 30.3 Å². The Morgan fingerprint density at radius 2 is 1.58 bits per heavy atom. The van der Waals surface area contributed by atoms with Crippen LogP contribution in [0.4, 0.5) is 11.4 Å². The van der Waals surface area contributed by atoms with Gasteiger partial charge in [-0.2, -0.15) is 0 Å². The van der Waals surface area contributed by atoms with E-state index in [-0.39, 0.29) is 24.4 Å². The molecule has 0 radical (unpaired) electrons. The van der Waals surface area contributed by atoms with E-state index in [2.05, 4.69) is 16.0 Å². The zero-order chi connectivity index (χ0) is 17.5. The van der Waals surface area contributed by atoms with Crippen LogP contribution in [0.15, 0.2) is 48.5 Å². The van der Waals surface area contributed by atoms with Gasteiger partial charge in [-0.25, -0.2) is 0 Å². The van der Waals surface area contributed by atoms with E-state index in [9.17, 15) is 9.59 Å². The minimum absolute atomic E-state index is 0.0970. The molecule has 126 valence electrons. The van der Waals surface area contributed by atoms with Gasteiger partial charge in [0.15, 0.2) is 0 Å². The number of carbonyl (C=O) groups is 2. The number of benzene rings is 2. The van der Waals surface area contributed by atoms with Crippen LogP contribution in [-0.4, -0.2) is 24.4 Å². The van der Waals surface area contributed by atoms with Crippen molar-refractivity contribution in [3.05, 3.63) is 59.7 Å². The van der Waals surface area contributed by atoms with Gasteiger partial charge in [-0.1, -0.05) is 31.5 Å². The number of rotatable bonds is 6. The largest absolute Gasteiger partial charge is 0.325 e. The normalized spacial score (nSPS) is 10.5. The summed E-state index contributed by atoms with van der Waals surface area (Å²) in [7, 11) is 0. The summed E-state index contributed by atoms with van der Waals surface area (Å²) in [6.07, 6.45) is 0. The Hall–Kier alpha value is -2.66. The van der Waals surface area contributed by atoms with Crippen molar-refractivity contribution in [1.29, 1.82) is 0 Å². The summed E-state index contributed by atoms with van der Waals surface area (Å²) in [5.41, 5.74) is 3.03. The lowest BCUT2D eigenvalue weighted by Gasteiger charge is -2.10. The molecule has 0 aliphatic rings. The fourth-order valence-electron chi connectivity index (χ4n) is 2.13. The topological polar surface area (TPSA) is 70.2 Å². The van der Waals surface area contributed by atoms with Crippen LogP contribution in [0.2, 0.25) is 0 Å². The van der Waals surface area contributed by atoms with Crippen LogP contribution in [0.5, 0.6) is 0 Å². The molecular formula is C19H23N3O2. The third-order valence-corrected chi connectivity index (χ3v) is 3.38. The number of carbonyl (C=O) groups excluding carboxylic acids is 2. The minimum Gasteiger partial charge on any atom is -0.325 e. The van der Waals surface area contributed by atoms with Gasteiger partial charge in [-0.05, 0) is 43.3 Å². The third-order valence-electron chi connectivity index (χ3n) is 3.38. The quantitative estimate of drug-likeness (QED) is 0.764. The van der Waals surface area contributed by atoms with Crippen molar-refractivity contribution in [3.63, 3.8) is 0 Å². The van der Waals surface area contributed by atoms with Crippen molar-refractivity contribution in [3.8, 4) is 0 Å². The molecule has 2 amide bonds. The summed E-state index contributed by atoms with van der Waals surface area (Å²) < 4.78 is 0. The first kappa shape index (κ1) is 17.7. The van der Waals surface area contributed by atoms with Gasteiger partial charge in [0.25, 0.3) is 5.91 Å². The van der Waals surface area contributed by atoms with Crippen molar-refractivity contribution >= 4 is 23.2 Å². The van der Waals surface area contributed by atoms with E-state index in [1.807, 2.05) is 39.0 Å². The highest BCUT2D eigenvalue weighted by molar-refractivity contribution is 6.04. The number of anilines is 2. The number of amides is 2. The molecule has 2 aromatic rings. The maximum absolute atomic E-state index is 12.2. The van der Waals surface area contributed by atoms with Gasteiger partial charge in [-0.15, -0.1) is 0 Å². The summed E-state index contributed by atoms with van der Waals surface area (Å²) in [5.74, 6) is -0.253. The van der Waals surface area contributed by atoms with E-state index < -0.39 is 0 Å². The number of nitrogens with one attached hydrogen (secondary N) is 3. The van der Waals surface area contributed by atoms with Gasteiger partial charge in [0.1, 0.15) is 0 Å². The van der Waals surface area contributed by atoms with Gasteiger partial charge >= 0.3 is 0 Å². The van der Waals surface area contributed by atoms with Crippen LogP contribution in [0, 0.1) is 6.92 Å². The first-order valence-corrected chi connectivity index (χ1v) is 7.95. The van der Waals surface area contributed by atoms with Gasteiger partial charge in [0.05, 0.1) is 6.54 Å². The lowest BCUT2D eigenvalue weighted by molar-refractivity contribution is -0.115. The van der Waals surface area contributed by atoms with Crippen LogP contribution in [0.25, 0.3) is 0 Å². The molecule has 3 N–H and O–H groups in total. The van der Waals surface area contributed by atoms with Crippen molar-refractivity contribution in [2.24, 2.45) is 0 Å². The number of hydrogen-bond donors (Lipinski definition) is 3. The van der Waals surface area contributed by atoms with E-state index in [0.717, 1.165) is 5.56 Å². The van der Waals surface area contributed by atoms with Crippen molar-refractivity contribution in [2.45, 2.75) is 26.8 Å². The monoisotopic (exact) mass is 325 g/mol. The van der Waals surface area contributed by atoms with Gasteiger partial charge in [0, 0.05) is 23.0 Å². The molecule has 2 aromatic carbocycles. The van der Waals surface area contributed by atoms with E-state index in [4.69, 9.17) is 0 Å². The van der Waals surface area contributed by atoms with Crippen molar-refractivity contribution in [2.75, 3.05) is 17.2 Å². The van der Waals surface area contributed by atoms with Crippen LogP contribution in [-0.2, 0) is 4.79 Å². The van der Waals surface area contributed by atoms with Gasteiger partial charge in [0.2, 0.25) is 5.91 Å². The van der Waals surface area contributed by atoms with Crippen LogP contribution >= 0.6 is 0 Å². The Morgan fingerprint density at radius 3 is 2.17 bits per heavy atom. The Kier molecular flexibility index (Phi) is 6.09. The maximum atomic E-state index is 12.2. The SMILES string of the molecule is Cc1cccc(C(=O)Nc2ccc(NC(=O)CNC(C)C)cc2)c1. The molecular weight excluding hydrogens is 302 g/mol. The maximum Gasteiger partial charge on any atom is 0.255 e. The molecule has 0 aliphatic carbocycles. The van der Waals surface area contributed by atoms with E-state index in [1.165, 1.54) is 0 Å². The average molecular weight is 325 g/mol. The fraction of sp³-hybridized carbons (Fsp3) is 0.263. The Labute approximate surface area is 142 Å². The Balaban J connectivity index is 1.92. The van der Waals surface area contributed by atoms with Crippen LogP contribution in [0.3, 0.4) is 0 Å². The Morgan fingerprint density at radius 1 is 0.958 bits per heavy atom. The van der Waals surface area contributed by atoms with E-state index in [0.29, 0.717) is 16.9 Å². The predicted molar refractivity (Wildman–Crippen MR) is 97.3 cm³/mol. The molecule has 0 aromatic heterocycles. The molecule has 0 atom stereocenters. The molecule has 2 rings (SSSR count). The highest BCUT2D eigenvalue weighted by atomic mass is 16.2. The molecule has 0 saturated carbocycles. The zero-order valence-corrected chi connectivity index (χ0v) is 14.2. The smallest absolute Gasteiger partial charge is 0.255 e. The first-order valence-electron chi connectivity index (χ1n) is 7.95. The van der Waals surface area contributed by atoms with Crippen LogP contribution < -0.4 is 16.0 Å². The molecule has 0 unspecified atom stereocenters. The standard InChI is InChI=1S/C19H23N3O2/c1-13(2)20-12-18(23)21-16-7-9-17(10-8-16)22-19(24)15-6-4-5-14(3)11-15/h4-11,13,20H,12H2,1-3H3,(H,21,23)(H,22,24). The predicted octanol–water partition coefficient (Wildman–Crippen LogP) is 3.18.